The molecular weight excluding hydrogens is 502 g/mol. The van der Waals surface area contributed by atoms with E-state index in [4.69, 9.17) is 14.2 Å². The number of halogens is 1. The van der Waals surface area contributed by atoms with E-state index in [-0.39, 0.29) is 25.2 Å². The highest BCUT2D eigenvalue weighted by molar-refractivity contribution is 5.95. The van der Waals surface area contributed by atoms with Gasteiger partial charge in [-0.25, -0.2) is 0 Å². The van der Waals surface area contributed by atoms with Crippen molar-refractivity contribution in [3.8, 4) is 0 Å². The van der Waals surface area contributed by atoms with E-state index < -0.39 is 69.6 Å². The zero-order chi connectivity index (χ0) is 27.5. The van der Waals surface area contributed by atoms with Gasteiger partial charge in [0.2, 0.25) is 5.60 Å². The van der Waals surface area contributed by atoms with Gasteiger partial charge >= 0.3 is 11.9 Å². The summed E-state index contributed by atoms with van der Waals surface area (Å²) >= 11 is 0. The van der Waals surface area contributed by atoms with Crippen LogP contribution in [-0.2, 0) is 28.6 Å². The van der Waals surface area contributed by atoms with Crippen molar-refractivity contribution in [3.05, 3.63) is 12.7 Å². The molecule has 0 aromatic rings. The molecule has 9 nitrogen and oxygen atoms in total. The summed E-state index contributed by atoms with van der Waals surface area (Å²) in [5, 5.41) is 23.4. The lowest BCUT2D eigenvalue weighted by Gasteiger charge is -2.71. The number of Topliss-reactive ketones (excluding diaryl/α,β-unsaturated/α-hetero) is 1. The van der Waals surface area contributed by atoms with E-state index in [9.17, 15) is 24.6 Å². The Hall–Kier alpha value is -1.52. The van der Waals surface area contributed by atoms with E-state index in [0.29, 0.717) is 19.4 Å². The van der Waals surface area contributed by atoms with Crippen LogP contribution in [0.15, 0.2) is 12.7 Å². The third-order valence-electron chi connectivity index (χ3n) is 9.00. The van der Waals surface area contributed by atoms with Gasteiger partial charge < -0.3 is 29.3 Å². The predicted octanol–water partition coefficient (Wildman–Crippen LogP) is 2.44. The molecule has 3 rings (SSSR count). The number of rotatable bonds is 6. The van der Waals surface area contributed by atoms with Crippen LogP contribution in [0.25, 0.3) is 0 Å². The van der Waals surface area contributed by atoms with Gasteiger partial charge in [0.25, 0.3) is 0 Å². The highest BCUT2D eigenvalue weighted by Gasteiger charge is 2.83. The average Bonchev–Trinajstić information content (AvgIpc) is 2.74. The summed E-state index contributed by atoms with van der Waals surface area (Å²) in [5.74, 6) is -2.52. The van der Waals surface area contributed by atoms with Gasteiger partial charge in [-0.3, -0.25) is 14.4 Å². The number of aliphatic hydroxyl groups excluding tert-OH is 2. The Labute approximate surface area is 226 Å². The van der Waals surface area contributed by atoms with Crippen LogP contribution in [0.5, 0.6) is 0 Å². The van der Waals surface area contributed by atoms with E-state index >= 15 is 0 Å². The van der Waals surface area contributed by atoms with Crippen molar-refractivity contribution >= 4 is 30.1 Å². The Morgan fingerprint density at radius 2 is 1.78 bits per heavy atom. The molecular formula is C27H44ClNO8. The van der Waals surface area contributed by atoms with Crippen LogP contribution in [0, 0.1) is 16.7 Å². The van der Waals surface area contributed by atoms with Crippen LogP contribution in [-0.4, -0.2) is 88.6 Å². The molecule has 0 bridgehead atoms. The van der Waals surface area contributed by atoms with Gasteiger partial charge in [-0.15, -0.1) is 19.0 Å². The van der Waals surface area contributed by atoms with Crippen molar-refractivity contribution in [1.29, 1.82) is 0 Å². The van der Waals surface area contributed by atoms with Gasteiger partial charge in [0.15, 0.2) is 17.5 Å². The first-order chi connectivity index (χ1) is 16.4. The van der Waals surface area contributed by atoms with Crippen LogP contribution in [0.1, 0.15) is 67.2 Å². The number of carbonyl (C=O) groups excluding carboxylic acids is 3. The summed E-state index contributed by atoms with van der Waals surface area (Å²) < 4.78 is 18.5. The largest absolute Gasteiger partial charge is 0.457 e. The third-order valence-corrected chi connectivity index (χ3v) is 9.00. The fourth-order valence-electron chi connectivity index (χ4n) is 7.44. The Kier molecular flexibility index (Phi) is 8.76. The lowest BCUT2D eigenvalue weighted by Crippen LogP contribution is -2.87. The van der Waals surface area contributed by atoms with Crippen LogP contribution < -0.4 is 0 Å². The van der Waals surface area contributed by atoms with Gasteiger partial charge in [-0.2, -0.15) is 0 Å². The normalized spacial score (nSPS) is 42.6. The minimum absolute atomic E-state index is 0. The van der Waals surface area contributed by atoms with E-state index in [1.807, 2.05) is 32.8 Å². The Bertz CT molecular complexity index is 939. The third kappa shape index (κ3) is 4.65. The van der Waals surface area contributed by atoms with Crippen molar-refractivity contribution in [2.75, 3.05) is 20.6 Å². The van der Waals surface area contributed by atoms with Gasteiger partial charge in [-0.05, 0) is 46.2 Å². The zero-order valence-electron chi connectivity index (χ0n) is 23.3. The summed E-state index contributed by atoms with van der Waals surface area (Å²) in [4.78, 5) is 41.9. The highest BCUT2D eigenvalue weighted by atomic mass is 35.5. The lowest BCUT2D eigenvalue weighted by molar-refractivity contribution is -0.371. The minimum atomic E-state index is -2.03. The second-order valence-corrected chi connectivity index (χ2v) is 12.4. The molecule has 0 radical (unpaired) electrons. The summed E-state index contributed by atoms with van der Waals surface area (Å²) in [7, 11) is 3.64. The number of carbonyl (C=O) groups is 3. The smallest absolute Gasteiger partial charge is 0.308 e. The quantitative estimate of drug-likeness (QED) is 0.382. The Morgan fingerprint density at radius 1 is 1.19 bits per heavy atom. The van der Waals surface area contributed by atoms with Crippen molar-refractivity contribution in [3.63, 3.8) is 0 Å². The maximum atomic E-state index is 14.4. The zero-order valence-corrected chi connectivity index (χ0v) is 24.1. The number of esters is 2. The molecule has 8 atom stereocenters. The summed E-state index contributed by atoms with van der Waals surface area (Å²) in [6.45, 7) is 14.2. The van der Waals surface area contributed by atoms with Crippen molar-refractivity contribution in [2.24, 2.45) is 16.7 Å². The van der Waals surface area contributed by atoms with E-state index in [2.05, 4.69) is 6.58 Å². The number of ketones is 1. The molecule has 2 saturated carbocycles. The highest BCUT2D eigenvalue weighted by Crippen LogP contribution is 2.68. The molecule has 0 aromatic heterocycles. The topological polar surface area (TPSA) is 123 Å². The summed E-state index contributed by atoms with van der Waals surface area (Å²) in [6.07, 6.45) is -1.53. The Morgan fingerprint density at radius 3 is 2.30 bits per heavy atom. The van der Waals surface area contributed by atoms with E-state index in [1.165, 1.54) is 19.9 Å². The Balaban J connectivity index is 0.00000481. The van der Waals surface area contributed by atoms with E-state index in [1.54, 1.807) is 13.8 Å². The molecule has 212 valence electrons. The summed E-state index contributed by atoms with van der Waals surface area (Å²) in [5.41, 5.74) is -7.05. The fraction of sp³-hybridized carbons (Fsp3) is 0.815. The average molecular weight is 546 g/mol. The second kappa shape index (κ2) is 10.2. The van der Waals surface area contributed by atoms with Crippen LogP contribution in [0.4, 0.5) is 0 Å². The fourth-order valence-corrected chi connectivity index (χ4v) is 7.44. The molecule has 0 spiro atoms. The molecule has 0 aromatic carbocycles. The van der Waals surface area contributed by atoms with Crippen LogP contribution in [0.3, 0.4) is 0 Å². The molecule has 2 N–H and O–H groups in total. The maximum Gasteiger partial charge on any atom is 0.308 e. The number of nitrogens with zero attached hydrogens (tertiary/aromatic N) is 1. The SMILES string of the molecule is C=C[C@@]1(C)CC(=O)[C@]2(OC(=O)CCN(C)C)[C@@]3(C)[C@@H](O)CCC(C)(C)[C@@H]3[C@H](O)[C@H](OC(C)=O)[C@@]2(C)O1.Cl. The first kappa shape index (κ1) is 31.7. The monoisotopic (exact) mass is 545 g/mol. The van der Waals surface area contributed by atoms with Crippen molar-refractivity contribution < 1.29 is 38.8 Å². The van der Waals surface area contributed by atoms with Crippen LogP contribution in [0.2, 0.25) is 0 Å². The molecule has 2 aliphatic carbocycles. The lowest BCUT2D eigenvalue weighted by atomic mass is 9.39. The molecule has 3 fully saturated rings. The van der Waals surface area contributed by atoms with Gasteiger partial charge in [-0.1, -0.05) is 26.8 Å². The van der Waals surface area contributed by atoms with Crippen molar-refractivity contribution in [1.82, 2.24) is 4.90 Å². The molecule has 0 unspecified atom stereocenters. The molecule has 10 heteroatoms. The van der Waals surface area contributed by atoms with Crippen LogP contribution >= 0.6 is 12.4 Å². The first-order valence-electron chi connectivity index (χ1n) is 12.7. The van der Waals surface area contributed by atoms with Gasteiger partial charge in [0, 0.05) is 31.2 Å². The number of aliphatic hydroxyl groups is 2. The standard InChI is InChI=1S/C27H43NO8.ClH/c1-10-24(5)15-18(31)27(35-19(32)12-14-28(8)9)25(6)17(30)11-13-23(3,4)21(25)20(33)22(34-16(2)29)26(27,7)36-24;/h10,17,20-22,30,33H,1,11-15H2,2-9H3;1H/t17-,20-,21-,22-,24-,25-,26+,27-;/m0./s1. The number of fused-ring (bicyclic) bond motifs is 3. The second-order valence-electron chi connectivity index (χ2n) is 12.4. The molecule has 0 amide bonds. The maximum absolute atomic E-state index is 14.4. The first-order valence-corrected chi connectivity index (χ1v) is 12.7. The van der Waals surface area contributed by atoms with Gasteiger partial charge in [0.05, 0.1) is 24.2 Å². The number of ether oxygens (including phenoxy) is 3. The number of hydrogen-bond donors (Lipinski definition) is 2. The molecule has 1 heterocycles. The number of hydrogen-bond acceptors (Lipinski definition) is 9. The molecule has 37 heavy (non-hydrogen) atoms. The minimum Gasteiger partial charge on any atom is -0.457 e. The summed E-state index contributed by atoms with van der Waals surface area (Å²) in [6, 6.07) is 0. The van der Waals surface area contributed by atoms with Gasteiger partial charge in [0.1, 0.15) is 0 Å². The van der Waals surface area contributed by atoms with Crippen molar-refractivity contribution in [2.45, 2.75) is 102 Å². The van der Waals surface area contributed by atoms with E-state index in [0.717, 1.165) is 0 Å². The molecule has 1 saturated heterocycles. The molecule has 3 aliphatic rings. The predicted molar refractivity (Wildman–Crippen MR) is 139 cm³/mol. The molecule has 1 aliphatic heterocycles.